The van der Waals surface area contributed by atoms with E-state index in [1.807, 2.05) is 0 Å². The van der Waals surface area contributed by atoms with Crippen LogP contribution in [0, 0.1) is 0 Å². The van der Waals surface area contributed by atoms with Gasteiger partial charge in [-0.3, -0.25) is 9.32 Å². The number of hydrogen-bond donors (Lipinski definition) is 2. The summed E-state index contributed by atoms with van der Waals surface area (Å²) < 4.78 is 27.0. The van der Waals surface area contributed by atoms with Crippen molar-refractivity contribution >= 4 is 13.8 Å². The minimum atomic E-state index is -4.64. The molecule has 0 unspecified atom stereocenters. The van der Waals surface area contributed by atoms with Gasteiger partial charge >= 0.3 is 13.8 Å². The van der Waals surface area contributed by atoms with Gasteiger partial charge in [0, 0.05) is 13.0 Å². The number of ether oxygens (including phenoxy) is 2. The Hall–Kier alpha value is -0.460. The van der Waals surface area contributed by atoms with Crippen LogP contribution in [0.25, 0.3) is 0 Å². The van der Waals surface area contributed by atoms with Crippen molar-refractivity contribution in [2.24, 2.45) is 0 Å². The third kappa shape index (κ3) is 39.9. The molecule has 0 saturated carbocycles. The molecule has 0 aliphatic rings. The molecular formula is C39H79O7P. The Kier molecular flexibility index (Phi) is 36.5. The second kappa shape index (κ2) is 36.8. The fourth-order valence-electron chi connectivity index (χ4n) is 6.15. The molecular weight excluding hydrogens is 611 g/mol. The van der Waals surface area contributed by atoms with Crippen LogP contribution in [0.3, 0.4) is 0 Å². The average molecular weight is 691 g/mol. The van der Waals surface area contributed by atoms with Gasteiger partial charge in [-0.15, -0.1) is 0 Å². The Bertz CT molecular complexity index is 684. The predicted molar refractivity (Wildman–Crippen MR) is 198 cm³/mol. The van der Waals surface area contributed by atoms with E-state index >= 15 is 0 Å². The molecule has 0 aliphatic carbocycles. The van der Waals surface area contributed by atoms with Crippen molar-refractivity contribution in [3.63, 3.8) is 0 Å². The monoisotopic (exact) mass is 691 g/mol. The lowest BCUT2D eigenvalue weighted by atomic mass is 10.0. The lowest BCUT2D eigenvalue weighted by molar-refractivity contribution is -0.154. The minimum absolute atomic E-state index is 0.0866. The summed E-state index contributed by atoms with van der Waals surface area (Å²) in [5, 5.41) is 0. The van der Waals surface area contributed by atoms with Gasteiger partial charge in [0.25, 0.3) is 0 Å². The van der Waals surface area contributed by atoms with Gasteiger partial charge in [-0.2, -0.15) is 0 Å². The van der Waals surface area contributed by atoms with Crippen molar-refractivity contribution in [3.05, 3.63) is 0 Å². The lowest BCUT2D eigenvalue weighted by Gasteiger charge is -2.18. The molecule has 0 bridgehead atoms. The van der Waals surface area contributed by atoms with E-state index in [1.165, 1.54) is 167 Å². The smallest absolute Gasteiger partial charge is 0.457 e. The Morgan fingerprint density at radius 2 is 0.809 bits per heavy atom. The van der Waals surface area contributed by atoms with Gasteiger partial charge in [0.15, 0.2) is 0 Å². The van der Waals surface area contributed by atoms with E-state index < -0.39 is 13.9 Å². The van der Waals surface area contributed by atoms with E-state index in [0.29, 0.717) is 13.0 Å². The molecule has 0 aromatic carbocycles. The third-order valence-corrected chi connectivity index (χ3v) is 9.64. The second-order valence-corrected chi connectivity index (χ2v) is 15.2. The van der Waals surface area contributed by atoms with Gasteiger partial charge in [0.1, 0.15) is 6.10 Å². The van der Waals surface area contributed by atoms with Crippen molar-refractivity contribution < 1.29 is 33.1 Å². The molecule has 0 radical (unpaired) electrons. The highest BCUT2D eigenvalue weighted by Gasteiger charge is 2.21. The highest BCUT2D eigenvalue weighted by atomic mass is 31.2. The first kappa shape index (κ1) is 46.5. The number of unbranched alkanes of at least 4 members (excludes halogenated alkanes) is 29. The molecule has 7 nitrogen and oxygen atoms in total. The van der Waals surface area contributed by atoms with Crippen LogP contribution < -0.4 is 0 Å². The molecule has 0 fully saturated rings. The second-order valence-electron chi connectivity index (χ2n) is 14.0. The first-order valence-electron chi connectivity index (χ1n) is 20.4. The van der Waals surface area contributed by atoms with Gasteiger partial charge in [0.05, 0.1) is 13.2 Å². The lowest BCUT2D eigenvalue weighted by Crippen LogP contribution is -2.28. The van der Waals surface area contributed by atoms with Crippen LogP contribution in [0.2, 0.25) is 0 Å². The van der Waals surface area contributed by atoms with Crippen LogP contribution in [0.5, 0.6) is 0 Å². The van der Waals surface area contributed by atoms with Crippen LogP contribution >= 0.6 is 7.82 Å². The van der Waals surface area contributed by atoms with Crippen molar-refractivity contribution in [2.75, 3.05) is 19.8 Å². The molecule has 0 saturated heterocycles. The van der Waals surface area contributed by atoms with E-state index in [0.717, 1.165) is 32.1 Å². The molecule has 47 heavy (non-hydrogen) atoms. The van der Waals surface area contributed by atoms with Crippen LogP contribution in [-0.4, -0.2) is 41.7 Å². The molecule has 2 N–H and O–H groups in total. The fourth-order valence-corrected chi connectivity index (χ4v) is 6.51. The Labute approximate surface area is 291 Å². The largest absolute Gasteiger partial charge is 0.469 e. The standard InChI is InChI=1S/C39H79O7P/c1-3-5-7-9-11-13-15-17-18-19-20-21-23-25-27-29-31-33-35-44-36-38(37-45-47(41,42)43)46-39(40)34-32-30-28-26-24-22-16-14-12-10-8-6-4-2/h38H,3-37H2,1-2H3,(H2,41,42,43)/t38-/m1/s1. The maximum Gasteiger partial charge on any atom is 0.469 e. The summed E-state index contributed by atoms with van der Waals surface area (Å²) in [6.07, 6.45) is 39.5. The quantitative estimate of drug-likeness (QED) is 0.0376. The Morgan fingerprint density at radius 1 is 0.489 bits per heavy atom. The van der Waals surface area contributed by atoms with E-state index in [9.17, 15) is 9.36 Å². The summed E-state index contributed by atoms with van der Waals surface area (Å²) in [5.74, 6) is -0.357. The van der Waals surface area contributed by atoms with Crippen LogP contribution in [0.1, 0.15) is 219 Å². The Morgan fingerprint density at radius 3 is 1.15 bits per heavy atom. The van der Waals surface area contributed by atoms with E-state index in [2.05, 4.69) is 18.4 Å². The highest BCUT2D eigenvalue weighted by Crippen LogP contribution is 2.36. The van der Waals surface area contributed by atoms with E-state index in [-0.39, 0.29) is 19.2 Å². The van der Waals surface area contributed by atoms with E-state index in [4.69, 9.17) is 19.3 Å². The zero-order chi connectivity index (χ0) is 34.5. The van der Waals surface area contributed by atoms with E-state index in [1.54, 1.807) is 0 Å². The van der Waals surface area contributed by atoms with Crippen molar-refractivity contribution in [2.45, 2.75) is 225 Å². The van der Waals surface area contributed by atoms with Gasteiger partial charge in [-0.25, -0.2) is 4.57 Å². The van der Waals surface area contributed by atoms with Gasteiger partial charge in [0.2, 0.25) is 0 Å². The number of carbonyl (C=O) groups excluding carboxylic acids is 1. The van der Waals surface area contributed by atoms with Crippen LogP contribution in [0.4, 0.5) is 0 Å². The number of phosphoric ester groups is 1. The molecule has 0 spiro atoms. The van der Waals surface area contributed by atoms with Crippen LogP contribution in [-0.2, 0) is 23.4 Å². The zero-order valence-electron chi connectivity index (χ0n) is 31.2. The zero-order valence-corrected chi connectivity index (χ0v) is 32.1. The van der Waals surface area contributed by atoms with Gasteiger partial charge in [-0.1, -0.05) is 200 Å². The van der Waals surface area contributed by atoms with Gasteiger partial charge < -0.3 is 19.3 Å². The summed E-state index contributed by atoms with van der Waals surface area (Å²) >= 11 is 0. The summed E-state index contributed by atoms with van der Waals surface area (Å²) in [6, 6.07) is 0. The number of phosphoric acid groups is 1. The predicted octanol–water partition coefficient (Wildman–Crippen LogP) is 12.5. The first-order valence-corrected chi connectivity index (χ1v) is 21.9. The summed E-state index contributed by atoms with van der Waals surface area (Å²) in [5.41, 5.74) is 0. The number of rotatable bonds is 39. The molecule has 282 valence electrons. The summed E-state index contributed by atoms with van der Waals surface area (Å²) in [7, 11) is -4.64. The average Bonchev–Trinajstić information content (AvgIpc) is 3.04. The maximum atomic E-state index is 12.4. The maximum absolute atomic E-state index is 12.4. The number of carbonyl (C=O) groups is 1. The fraction of sp³-hybridized carbons (Fsp3) is 0.974. The first-order chi connectivity index (χ1) is 22.9. The molecule has 0 heterocycles. The molecule has 8 heteroatoms. The molecule has 0 aromatic heterocycles. The van der Waals surface area contributed by atoms with Crippen molar-refractivity contribution in [3.8, 4) is 0 Å². The van der Waals surface area contributed by atoms with Crippen molar-refractivity contribution in [1.82, 2.24) is 0 Å². The van der Waals surface area contributed by atoms with Crippen LogP contribution in [0.15, 0.2) is 0 Å². The van der Waals surface area contributed by atoms with Gasteiger partial charge in [-0.05, 0) is 12.8 Å². The molecule has 0 amide bonds. The number of hydrogen-bond acceptors (Lipinski definition) is 5. The third-order valence-electron chi connectivity index (χ3n) is 9.16. The van der Waals surface area contributed by atoms with Crippen molar-refractivity contribution in [1.29, 1.82) is 0 Å². The topological polar surface area (TPSA) is 102 Å². The normalized spacial score (nSPS) is 12.5. The molecule has 0 rings (SSSR count). The SMILES string of the molecule is CCCCCCCCCCCCCCCCCCCCOC[C@H](COP(=O)(O)O)OC(=O)CCCCCCCCCCCCCCC. The molecule has 0 aliphatic heterocycles. The molecule has 0 aromatic rings. The molecule has 1 atom stereocenters. The number of esters is 1. The Balaban J connectivity index is 3.73. The summed E-state index contributed by atoms with van der Waals surface area (Å²) in [6.45, 7) is 4.79. The highest BCUT2D eigenvalue weighted by molar-refractivity contribution is 7.46. The minimum Gasteiger partial charge on any atom is -0.457 e. The summed E-state index contributed by atoms with van der Waals surface area (Å²) in [4.78, 5) is 30.5.